The maximum Gasteiger partial charge on any atom is 0.279 e. The van der Waals surface area contributed by atoms with Gasteiger partial charge in [-0.2, -0.15) is 9.78 Å². The molecule has 35 heavy (non-hydrogen) atoms. The third-order valence-electron chi connectivity index (χ3n) is 6.22. The van der Waals surface area contributed by atoms with Crippen molar-refractivity contribution in [3.63, 3.8) is 0 Å². The summed E-state index contributed by atoms with van der Waals surface area (Å²) in [4.78, 5) is 28.8. The topological polar surface area (TPSA) is 76.5 Å². The Bertz CT molecular complexity index is 1380. The van der Waals surface area contributed by atoms with Gasteiger partial charge in [0.25, 0.3) is 11.5 Å². The molecule has 1 aliphatic rings. The minimum atomic E-state index is -0.383. The average molecular weight is 473 g/mol. The number of carbonyl (C=O) groups excluding carboxylic acids is 1. The Kier molecular flexibility index (Phi) is 6.65. The van der Waals surface area contributed by atoms with E-state index in [9.17, 15) is 14.0 Å². The second-order valence-electron chi connectivity index (χ2n) is 8.37. The highest BCUT2D eigenvalue weighted by atomic mass is 19.1. The summed E-state index contributed by atoms with van der Waals surface area (Å²) in [5, 5.41) is 8.37. The number of hydrogen-bond acceptors (Lipinski definition) is 5. The molecule has 1 aliphatic heterocycles. The van der Waals surface area contributed by atoms with Crippen molar-refractivity contribution in [1.29, 1.82) is 0 Å². The minimum Gasteiger partial charge on any atom is -0.379 e. The Balaban J connectivity index is 1.48. The highest BCUT2D eigenvalue weighted by Crippen LogP contribution is 2.22. The van der Waals surface area contributed by atoms with Crippen LogP contribution >= 0.6 is 0 Å². The van der Waals surface area contributed by atoms with Crippen molar-refractivity contribution in [2.45, 2.75) is 6.04 Å². The summed E-state index contributed by atoms with van der Waals surface area (Å²) < 4.78 is 20.3. The van der Waals surface area contributed by atoms with E-state index >= 15 is 0 Å². The van der Waals surface area contributed by atoms with Gasteiger partial charge in [0.05, 0.1) is 30.3 Å². The standard InChI is InChI=1S/C27H25FN4O3/c28-20-12-10-19(11-13-20)24(31-14-16-35-17-15-31)18-29-26(33)25-22-8-4-5-9-23(22)27(34)32(30-25)21-6-2-1-3-7-21/h1-13,24H,14-18H2,(H,29,33)/t24-/m0/s1. The van der Waals surface area contributed by atoms with E-state index in [0.717, 1.165) is 5.56 Å². The van der Waals surface area contributed by atoms with Gasteiger partial charge in [-0.15, -0.1) is 0 Å². The van der Waals surface area contributed by atoms with Crippen LogP contribution in [0.3, 0.4) is 0 Å². The molecule has 0 radical (unpaired) electrons. The number of hydrogen-bond donors (Lipinski definition) is 1. The summed E-state index contributed by atoms with van der Waals surface area (Å²) in [6, 6.07) is 22.2. The van der Waals surface area contributed by atoms with Crippen molar-refractivity contribution < 1.29 is 13.9 Å². The van der Waals surface area contributed by atoms with Crippen LogP contribution in [-0.2, 0) is 4.74 Å². The normalized spacial score (nSPS) is 15.1. The SMILES string of the molecule is O=C(NC[C@@H](c1ccc(F)cc1)N1CCOCC1)c1nn(-c2ccccc2)c(=O)c2ccccc12. The van der Waals surface area contributed by atoms with Crippen LogP contribution in [0.25, 0.3) is 16.5 Å². The largest absolute Gasteiger partial charge is 0.379 e. The molecule has 1 saturated heterocycles. The number of aromatic nitrogens is 2. The van der Waals surface area contributed by atoms with Gasteiger partial charge in [-0.1, -0.05) is 48.5 Å². The Hall–Kier alpha value is -3.88. The lowest BCUT2D eigenvalue weighted by molar-refractivity contribution is 0.0162. The van der Waals surface area contributed by atoms with E-state index in [1.54, 1.807) is 48.5 Å². The highest BCUT2D eigenvalue weighted by Gasteiger charge is 2.25. The van der Waals surface area contributed by atoms with Crippen LogP contribution in [0, 0.1) is 5.82 Å². The molecular weight excluding hydrogens is 447 g/mol. The first-order chi connectivity index (χ1) is 17.1. The minimum absolute atomic E-state index is 0.158. The zero-order valence-corrected chi connectivity index (χ0v) is 19.1. The molecule has 0 bridgehead atoms. The lowest BCUT2D eigenvalue weighted by Gasteiger charge is -2.35. The molecular formula is C27H25FN4O3. The second-order valence-corrected chi connectivity index (χ2v) is 8.37. The molecule has 0 saturated carbocycles. The molecule has 3 aromatic carbocycles. The molecule has 0 aliphatic carbocycles. The first-order valence-electron chi connectivity index (χ1n) is 11.5. The summed E-state index contributed by atoms with van der Waals surface area (Å²) in [5.74, 6) is -0.691. The molecule has 8 heteroatoms. The summed E-state index contributed by atoms with van der Waals surface area (Å²) in [6.07, 6.45) is 0. The van der Waals surface area contributed by atoms with Crippen molar-refractivity contribution in [2.24, 2.45) is 0 Å². The molecule has 4 aromatic rings. The van der Waals surface area contributed by atoms with E-state index in [4.69, 9.17) is 4.74 Å². The van der Waals surface area contributed by atoms with E-state index in [2.05, 4.69) is 15.3 Å². The lowest BCUT2D eigenvalue weighted by Crippen LogP contribution is -2.44. The van der Waals surface area contributed by atoms with Crippen molar-refractivity contribution in [3.8, 4) is 5.69 Å². The van der Waals surface area contributed by atoms with Gasteiger partial charge in [-0.25, -0.2) is 4.39 Å². The fourth-order valence-corrected chi connectivity index (χ4v) is 4.41. The Labute approximate surface area is 201 Å². The van der Waals surface area contributed by atoms with Gasteiger partial charge >= 0.3 is 0 Å². The van der Waals surface area contributed by atoms with E-state index in [0.29, 0.717) is 49.3 Å². The molecule has 1 amide bonds. The van der Waals surface area contributed by atoms with Gasteiger partial charge in [0.2, 0.25) is 0 Å². The highest BCUT2D eigenvalue weighted by molar-refractivity contribution is 6.04. The van der Waals surface area contributed by atoms with Gasteiger partial charge < -0.3 is 10.1 Å². The Morgan fingerprint density at radius 3 is 2.31 bits per heavy atom. The Morgan fingerprint density at radius 1 is 0.943 bits per heavy atom. The first-order valence-corrected chi connectivity index (χ1v) is 11.5. The average Bonchev–Trinajstić information content (AvgIpc) is 2.91. The van der Waals surface area contributed by atoms with Gasteiger partial charge in [0.15, 0.2) is 5.69 Å². The number of para-hydroxylation sites is 1. The molecule has 5 rings (SSSR count). The number of halogens is 1. The maximum absolute atomic E-state index is 13.5. The zero-order valence-electron chi connectivity index (χ0n) is 19.1. The summed E-state index contributed by atoms with van der Waals surface area (Å²) >= 11 is 0. The van der Waals surface area contributed by atoms with Crippen molar-refractivity contribution in [1.82, 2.24) is 20.0 Å². The van der Waals surface area contributed by atoms with E-state index in [1.165, 1.54) is 16.8 Å². The second kappa shape index (κ2) is 10.2. The predicted molar refractivity (Wildman–Crippen MR) is 131 cm³/mol. The molecule has 1 fully saturated rings. The summed E-state index contributed by atoms with van der Waals surface area (Å²) in [6.45, 7) is 2.90. The molecule has 178 valence electrons. The molecule has 1 aromatic heterocycles. The molecule has 0 unspecified atom stereocenters. The molecule has 7 nitrogen and oxygen atoms in total. The van der Waals surface area contributed by atoms with Gasteiger partial charge in [-0.05, 0) is 35.9 Å². The van der Waals surface area contributed by atoms with Crippen LogP contribution in [0.15, 0.2) is 83.7 Å². The molecule has 0 spiro atoms. The quantitative estimate of drug-likeness (QED) is 0.466. The van der Waals surface area contributed by atoms with Crippen LogP contribution in [0.5, 0.6) is 0 Å². The van der Waals surface area contributed by atoms with Crippen molar-refractivity contribution in [3.05, 3.63) is 106 Å². The predicted octanol–water partition coefficient (Wildman–Crippen LogP) is 3.33. The first kappa shape index (κ1) is 22.9. The van der Waals surface area contributed by atoms with Gasteiger partial charge in [-0.3, -0.25) is 14.5 Å². The number of carbonyl (C=O) groups is 1. The summed E-state index contributed by atoms with van der Waals surface area (Å²) in [5.41, 5.74) is 1.36. The number of rotatable bonds is 6. The van der Waals surface area contributed by atoms with Crippen LogP contribution in [-0.4, -0.2) is 53.4 Å². The number of amides is 1. The number of fused-ring (bicyclic) bond motifs is 1. The third-order valence-corrected chi connectivity index (χ3v) is 6.22. The van der Waals surface area contributed by atoms with E-state index in [-0.39, 0.29) is 29.0 Å². The van der Waals surface area contributed by atoms with E-state index in [1.807, 2.05) is 18.2 Å². The van der Waals surface area contributed by atoms with Crippen LogP contribution in [0.1, 0.15) is 22.1 Å². The van der Waals surface area contributed by atoms with Crippen LogP contribution in [0.2, 0.25) is 0 Å². The van der Waals surface area contributed by atoms with Crippen LogP contribution < -0.4 is 10.9 Å². The Morgan fingerprint density at radius 2 is 1.60 bits per heavy atom. The van der Waals surface area contributed by atoms with Gasteiger partial charge in [0, 0.05) is 25.0 Å². The number of morpholine rings is 1. The van der Waals surface area contributed by atoms with E-state index < -0.39 is 0 Å². The third kappa shape index (κ3) is 4.84. The monoisotopic (exact) mass is 472 g/mol. The lowest BCUT2D eigenvalue weighted by atomic mass is 10.0. The number of nitrogens with one attached hydrogen (secondary N) is 1. The summed E-state index contributed by atoms with van der Waals surface area (Å²) in [7, 11) is 0. The van der Waals surface area contributed by atoms with Crippen molar-refractivity contribution >= 4 is 16.7 Å². The molecule has 1 atom stereocenters. The zero-order chi connectivity index (χ0) is 24.2. The van der Waals surface area contributed by atoms with Crippen molar-refractivity contribution in [2.75, 3.05) is 32.8 Å². The molecule has 2 heterocycles. The fraction of sp³-hybridized carbons (Fsp3) is 0.222. The number of benzene rings is 3. The smallest absolute Gasteiger partial charge is 0.279 e. The maximum atomic E-state index is 13.5. The van der Waals surface area contributed by atoms with Crippen LogP contribution in [0.4, 0.5) is 4.39 Å². The molecule has 1 N–H and O–H groups in total. The number of nitrogens with zero attached hydrogens (tertiary/aromatic N) is 3. The number of ether oxygens (including phenoxy) is 1. The fourth-order valence-electron chi connectivity index (χ4n) is 4.41. The van der Waals surface area contributed by atoms with Gasteiger partial charge in [0.1, 0.15) is 5.82 Å².